The van der Waals surface area contributed by atoms with Gasteiger partial charge in [-0.25, -0.2) is 0 Å². The molecule has 1 aliphatic heterocycles. The number of β-amino-alcohol motifs (C(OH)–C–C–N with tert-alkyl or cyclic N) is 1. The highest BCUT2D eigenvalue weighted by atomic mass is 35.5. The van der Waals surface area contributed by atoms with Gasteiger partial charge in [-0.15, -0.1) is 0 Å². The van der Waals surface area contributed by atoms with E-state index >= 15 is 0 Å². The van der Waals surface area contributed by atoms with Gasteiger partial charge < -0.3 is 14.9 Å². The van der Waals surface area contributed by atoms with E-state index in [2.05, 4.69) is 4.90 Å². The molecule has 0 radical (unpaired) electrons. The van der Waals surface area contributed by atoms with Gasteiger partial charge in [-0.1, -0.05) is 23.7 Å². The lowest BCUT2D eigenvalue weighted by Crippen LogP contribution is -2.38. The van der Waals surface area contributed by atoms with E-state index in [4.69, 9.17) is 11.6 Å². The van der Waals surface area contributed by atoms with Gasteiger partial charge in [0.1, 0.15) is 0 Å². The van der Waals surface area contributed by atoms with Crippen LogP contribution in [0.2, 0.25) is 5.02 Å². The zero-order chi connectivity index (χ0) is 16.1. The van der Waals surface area contributed by atoms with Crippen LogP contribution in [0.1, 0.15) is 30.9 Å². The average Bonchev–Trinajstić information content (AvgIpc) is 2.49. The number of rotatable bonds is 5. The average molecular weight is 325 g/mol. The molecule has 1 atom stereocenters. The first kappa shape index (κ1) is 17.3. The molecule has 122 valence electrons. The second-order valence-electron chi connectivity index (χ2n) is 6.30. The van der Waals surface area contributed by atoms with Crippen LogP contribution in [-0.2, 0) is 4.79 Å². The number of benzene rings is 1. The van der Waals surface area contributed by atoms with E-state index in [0.717, 1.165) is 31.5 Å². The monoisotopic (exact) mass is 324 g/mol. The summed E-state index contributed by atoms with van der Waals surface area (Å²) in [4.78, 5) is 15.7. The minimum atomic E-state index is -0.489. The summed E-state index contributed by atoms with van der Waals surface area (Å²) in [5.74, 6) is 0.679. The zero-order valence-corrected chi connectivity index (χ0v) is 14.1. The first-order valence-corrected chi connectivity index (χ1v) is 8.19. The van der Waals surface area contributed by atoms with Gasteiger partial charge in [-0.05, 0) is 49.5 Å². The molecule has 0 bridgehead atoms. The number of aliphatic hydroxyl groups is 1. The molecule has 1 fully saturated rings. The van der Waals surface area contributed by atoms with Crippen molar-refractivity contribution in [2.24, 2.45) is 5.92 Å². The van der Waals surface area contributed by atoms with Crippen LogP contribution in [0.25, 0.3) is 0 Å². The van der Waals surface area contributed by atoms with Crippen LogP contribution in [0.5, 0.6) is 0 Å². The molecule has 4 nitrogen and oxygen atoms in total. The number of halogens is 1. The highest BCUT2D eigenvalue weighted by molar-refractivity contribution is 6.30. The van der Waals surface area contributed by atoms with Crippen LogP contribution in [0, 0.1) is 5.92 Å². The van der Waals surface area contributed by atoms with Crippen molar-refractivity contribution < 1.29 is 9.90 Å². The number of aliphatic hydroxyl groups excluding tert-OH is 1. The fourth-order valence-corrected chi connectivity index (χ4v) is 2.96. The summed E-state index contributed by atoms with van der Waals surface area (Å²) >= 11 is 5.86. The Kier molecular flexibility index (Phi) is 6.24. The highest BCUT2D eigenvalue weighted by Crippen LogP contribution is 2.24. The van der Waals surface area contributed by atoms with Gasteiger partial charge in [0.25, 0.3) is 0 Å². The maximum atomic E-state index is 11.7. The Labute approximate surface area is 137 Å². The molecule has 0 aromatic heterocycles. The molecule has 1 saturated heterocycles. The van der Waals surface area contributed by atoms with Crippen molar-refractivity contribution in [1.82, 2.24) is 9.80 Å². The summed E-state index contributed by atoms with van der Waals surface area (Å²) in [6.45, 7) is 2.52. The lowest BCUT2D eigenvalue weighted by molar-refractivity contribution is -0.130. The minimum absolute atomic E-state index is 0.208. The molecule has 0 spiro atoms. The van der Waals surface area contributed by atoms with Crippen molar-refractivity contribution >= 4 is 17.5 Å². The lowest BCUT2D eigenvalue weighted by Gasteiger charge is -2.33. The van der Waals surface area contributed by atoms with Crippen molar-refractivity contribution in [3.8, 4) is 0 Å². The lowest BCUT2D eigenvalue weighted by atomic mass is 9.92. The predicted octanol–water partition coefficient (Wildman–Crippen LogP) is 2.56. The molecule has 1 unspecified atom stereocenters. The molecule has 0 aliphatic carbocycles. The van der Waals surface area contributed by atoms with Gasteiger partial charge in [0, 0.05) is 32.1 Å². The number of carbonyl (C=O) groups excluding carboxylic acids is 1. The topological polar surface area (TPSA) is 43.8 Å². The Bertz CT molecular complexity index is 482. The normalized spacial score (nSPS) is 18.2. The van der Waals surface area contributed by atoms with Crippen LogP contribution in [0.3, 0.4) is 0 Å². The molecule has 1 aliphatic rings. The molecular weight excluding hydrogens is 300 g/mol. The minimum Gasteiger partial charge on any atom is -0.387 e. The van der Waals surface area contributed by atoms with E-state index in [1.807, 2.05) is 12.1 Å². The molecule has 0 saturated carbocycles. The summed E-state index contributed by atoms with van der Waals surface area (Å²) in [5, 5.41) is 11.0. The fourth-order valence-electron chi connectivity index (χ4n) is 2.84. The van der Waals surface area contributed by atoms with Gasteiger partial charge in [-0.3, -0.25) is 4.79 Å². The third kappa shape index (κ3) is 4.97. The molecule has 1 aromatic rings. The molecule has 1 N–H and O–H groups in total. The molecule has 22 heavy (non-hydrogen) atoms. The van der Waals surface area contributed by atoms with Gasteiger partial charge in [0.15, 0.2) is 0 Å². The third-order valence-corrected chi connectivity index (χ3v) is 4.61. The SMILES string of the molecule is CN(C)C(=O)CC1CCN(CC(O)c2ccc(Cl)cc2)CC1. The van der Waals surface area contributed by atoms with Crippen LogP contribution >= 0.6 is 11.6 Å². The standard InChI is InChI=1S/C17H25ClN2O2/c1-19(2)17(22)11-13-7-9-20(10-8-13)12-16(21)14-3-5-15(18)6-4-14/h3-6,13,16,21H,7-12H2,1-2H3. The first-order chi connectivity index (χ1) is 10.5. The van der Waals surface area contributed by atoms with E-state index in [1.54, 1.807) is 31.1 Å². The smallest absolute Gasteiger partial charge is 0.222 e. The van der Waals surface area contributed by atoms with Crippen LogP contribution < -0.4 is 0 Å². The van der Waals surface area contributed by atoms with Crippen LogP contribution in [-0.4, -0.2) is 54.5 Å². The quantitative estimate of drug-likeness (QED) is 0.905. The zero-order valence-electron chi connectivity index (χ0n) is 13.3. The Morgan fingerprint density at radius 1 is 1.32 bits per heavy atom. The summed E-state index contributed by atoms with van der Waals surface area (Å²) in [5.41, 5.74) is 0.898. The molecule has 2 rings (SSSR count). The van der Waals surface area contributed by atoms with E-state index in [1.165, 1.54) is 0 Å². The Morgan fingerprint density at radius 3 is 2.45 bits per heavy atom. The number of nitrogens with zero attached hydrogens (tertiary/aromatic N) is 2. The predicted molar refractivity (Wildman–Crippen MR) is 88.9 cm³/mol. The van der Waals surface area contributed by atoms with Crippen LogP contribution in [0.4, 0.5) is 0 Å². The number of likely N-dealkylation sites (tertiary alicyclic amines) is 1. The highest BCUT2D eigenvalue weighted by Gasteiger charge is 2.23. The second-order valence-corrected chi connectivity index (χ2v) is 6.74. The van der Waals surface area contributed by atoms with E-state index in [9.17, 15) is 9.90 Å². The van der Waals surface area contributed by atoms with E-state index < -0.39 is 6.10 Å². The summed E-state index contributed by atoms with van der Waals surface area (Å²) in [7, 11) is 3.61. The number of amides is 1. The van der Waals surface area contributed by atoms with E-state index in [0.29, 0.717) is 23.9 Å². The molecule has 5 heteroatoms. The maximum Gasteiger partial charge on any atom is 0.222 e. The molecule has 1 amide bonds. The second kappa shape index (κ2) is 7.95. The van der Waals surface area contributed by atoms with Gasteiger partial charge in [0.05, 0.1) is 6.10 Å². The van der Waals surface area contributed by atoms with Crippen molar-refractivity contribution in [2.75, 3.05) is 33.7 Å². The van der Waals surface area contributed by atoms with Crippen molar-refractivity contribution in [2.45, 2.75) is 25.4 Å². The number of carbonyl (C=O) groups is 1. The Morgan fingerprint density at radius 2 is 1.91 bits per heavy atom. The summed E-state index contributed by atoms with van der Waals surface area (Å²) in [6.07, 6.45) is 2.19. The molecule has 1 heterocycles. The number of hydrogen-bond acceptors (Lipinski definition) is 3. The Hall–Kier alpha value is -1.10. The third-order valence-electron chi connectivity index (χ3n) is 4.36. The fraction of sp³-hybridized carbons (Fsp3) is 0.588. The summed E-state index contributed by atoms with van der Waals surface area (Å²) in [6, 6.07) is 7.35. The van der Waals surface area contributed by atoms with Crippen molar-refractivity contribution in [3.05, 3.63) is 34.9 Å². The van der Waals surface area contributed by atoms with E-state index in [-0.39, 0.29) is 5.91 Å². The van der Waals surface area contributed by atoms with Gasteiger partial charge in [-0.2, -0.15) is 0 Å². The first-order valence-electron chi connectivity index (χ1n) is 7.81. The largest absolute Gasteiger partial charge is 0.387 e. The van der Waals surface area contributed by atoms with Gasteiger partial charge in [0.2, 0.25) is 5.91 Å². The molecule has 1 aromatic carbocycles. The molecular formula is C17H25ClN2O2. The van der Waals surface area contributed by atoms with Gasteiger partial charge >= 0.3 is 0 Å². The number of hydrogen-bond donors (Lipinski definition) is 1. The number of piperidine rings is 1. The van der Waals surface area contributed by atoms with Crippen molar-refractivity contribution in [3.63, 3.8) is 0 Å². The maximum absolute atomic E-state index is 11.7. The van der Waals surface area contributed by atoms with Crippen LogP contribution in [0.15, 0.2) is 24.3 Å². The summed E-state index contributed by atoms with van der Waals surface area (Å²) < 4.78 is 0. The Balaban J connectivity index is 1.77. The van der Waals surface area contributed by atoms with Crippen molar-refractivity contribution in [1.29, 1.82) is 0 Å².